The summed E-state index contributed by atoms with van der Waals surface area (Å²) in [4.78, 5) is 14.9. The molecule has 0 saturated carbocycles. The summed E-state index contributed by atoms with van der Waals surface area (Å²) in [5.74, 6) is -0.0303. The lowest BCUT2D eigenvalue weighted by atomic mass is 10.1. The summed E-state index contributed by atoms with van der Waals surface area (Å²) in [5, 5.41) is 6.36. The van der Waals surface area contributed by atoms with E-state index in [9.17, 15) is 4.79 Å². The van der Waals surface area contributed by atoms with Crippen molar-refractivity contribution < 1.29 is 4.79 Å². The highest BCUT2D eigenvalue weighted by Crippen LogP contribution is 2.28. The predicted molar refractivity (Wildman–Crippen MR) is 105 cm³/mol. The first-order valence-electron chi connectivity index (χ1n) is 9.11. The fourth-order valence-electron chi connectivity index (χ4n) is 3.19. The van der Waals surface area contributed by atoms with Gasteiger partial charge in [0.1, 0.15) is 6.04 Å². The number of benzene rings is 2. The molecule has 1 atom stereocenters. The highest BCUT2D eigenvalue weighted by Gasteiger charge is 2.18. The minimum Gasteiger partial charge on any atom is -0.372 e. The summed E-state index contributed by atoms with van der Waals surface area (Å²) in [6, 6.07) is 15.8. The fourth-order valence-corrected chi connectivity index (χ4v) is 3.19. The molecule has 3 rings (SSSR count). The Morgan fingerprint density at radius 2 is 1.68 bits per heavy atom. The Hall–Kier alpha value is -2.49. The number of nitrogens with one attached hydrogen (secondary N) is 2. The largest absolute Gasteiger partial charge is 0.372 e. The number of para-hydroxylation sites is 2. The van der Waals surface area contributed by atoms with Crippen LogP contribution in [-0.4, -0.2) is 25.0 Å². The SMILES string of the molecule is Cc1ccc(NC(=O)[C@@H](C)Nc2ccccc2N2CCCCC2)cc1. The zero-order valence-electron chi connectivity index (χ0n) is 15.1. The molecule has 0 aromatic heterocycles. The van der Waals surface area contributed by atoms with Crippen molar-refractivity contribution in [2.75, 3.05) is 28.6 Å². The van der Waals surface area contributed by atoms with E-state index in [2.05, 4.69) is 33.7 Å². The van der Waals surface area contributed by atoms with E-state index in [1.807, 2.05) is 44.2 Å². The van der Waals surface area contributed by atoms with Gasteiger partial charge < -0.3 is 15.5 Å². The van der Waals surface area contributed by atoms with Crippen molar-refractivity contribution >= 4 is 23.0 Å². The Labute approximate surface area is 150 Å². The van der Waals surface area contributed by atoms with Gasteiger partial charge in [-0.25, -0.2) is 0 Å². The molecule has 0 unspecified atom stereocenters. The van der Waals surface area contributed by atoms with E-state index < -0.39 is 0 Å². The number of carbonyl (C=O) groups excluding carboxylic acids is 1. The van der Waals surface area contributed by atoms with E-state index in [4.69, 9.17) is 0 Å². The lowest BCUT2D eigenvalue weighted by molar-refractivity contribution is -0.116. The monoisotopic (exact) mass is 337 g/mol. The minimum atomic E-state index is -0.313. The van der Waals surface area contributed by atoms with Crippen LogP contribution in [0.1, 0.15) is 31.7 Å². The molecule has 25 heavy (non-hydrogen) atoms. The van der Waals surface area contributed by atoms with Crippen molar-refractivity contribution in [1.82, 2.24) is 0 Å². The number of aryl methyl sites for hydroxylation is 1. The summed E-state index contributed by atoms with van der Waals surface area (Å²) < 4.78 is 0. The Morgan fingerprint density at radius 3 is 2.40 bits per heavy atom. The second kappa shape index (κ2) is 8.06. The maximum absolute atomic E-state index is 12.5. The normalized spacial score (nSPS) is 15.5. The van der Waals surface area contributed by atoms with E-state index in [0.717, 1.165) is 24.5 Å². The third kappa shape index (κ3) is 4.53. The van der Waals surface area contributed by atoms with E-state index in [1.54, 1.807) is 0 Å². The zero-order valence-corrected chi connectivity index (χ0v) is 15.1. The molecule has 1 fully saturated rings. The van der Waals surface area contributed by atoms with E-state index >= 15 is 0 Å². The summed E-state index contributed by atoms with van der Waals surface area (Å²) in [7, 11) is 0. The van der Waals surface area contributed by atoms with Crippen LogP contribution in [-0.2, 0) is 4.79 Å². The molecule has 1 aliphatic rings. The number of anilines is 3. The molecule has 4 nitrogen and oxygen atoms in total. The minimum absolute atomic E-state index is 0.0303. The van der Waals surface area contributed by atoms with Crippen molar-refractivity contribution in [3.05, 3.63) is 54.1 Å². The van der Waals surface area contributed by atoms with Gasteiger partial charge in [-0.1, -0.05) is 29.8 Å². The highest BCUT2D eigenvalue weighted by atomic mass is 16.2. The molecule has 0 aliphatic carbocycles. The molecule has 1 heterocycles. The molecule has 2 aromatic rings. The third-order valence-electron chi connectivity index (χ3n) is 4.69. The van der Waals surface area contributed by atoms with Crippen LogP contribution >= 0.6 is 0 Å². The molecule has 0 spiro atoms. The van der Waals surface area contributed by atoms with Crippen LogP contribution in [0.15, 0.2) is 48.5 Å². The Morgan fingerprint density at radius 1 is 1.00 bits per heavy atom. The van der Waals surface area contributed by atoms with Gasteiger partial charge >= 0.3 is 0 Å². The molecule has 132 valence electrons. The maximum Gasteiger partial charge on any atom is 0.246 e. The van der Waals surface area contributed by atoms with Crippen LogP contribution in [0.2, 0.25) is 0 Å². The van der Waals surface area contributed by atoms with Crippen molar-refractivity contribution in [3.63, 3.8) is 0 Å². The van der Waals surface area contributed by atoms with Gasteiger partial charge in [0.2, 0.25) is 5.91 Å². The Bertz CT molecular complexity index is 705. The first-order valence-corrected chi connectivity index (χ1v) is 9.11. The standard InChI is InChI=1S/C21H27N3O/c1-16-10-12-18(13-11-16)23-21(25)17(2)22-19-8-4-5-9-20(19)24-14-6-3-7-15-24/h4-5,8-13,17,22H,3,6-7,14-15H2,1-2H3,(H,23,25)/t17-/m1/s1. The number of hydrogen-bond donors (Lipinski definition) is 2. The topological polar surface area (TPSA) is 44.4 Å². The van der Waals surface area contributed by atoms with Crippen LogP contribution in [0.4, 0.5) is 17.1 Å². The molecule has 2 aromatic carbocycles. The molecule has 1 amide bonds. The van der Waals surface area contributed by atoms with Gasteiger partial charge in [0.15, 0.2) is 0 Å². The first kappa shape index (κ1) is 17.3. The Balaban J connectivity index is 1.66. The van der Waals surface area contributed by atoms with Crippen molar-refractivity contribution in [3.8, 4) is 0 Å². The van der Waals surface area contributed by atoms with E-state index in [0.29, 0.717) is 0 Å². The second-order valence-corrected chi connectivity index (χ2v) is 6.79. The van der Waals surface area contributed by atoms with Crippen LogP contribution in [0.25, 0.3) is 0 Å². The molecular formula is C21H27N3O. The molecule has 0 bridgehead atoms. The third-order valence-corrected chi connectivity index (χ3v) is 4.69. The molecule has 4 heteroatoms. The molecule has 2 N–H and O–H groups in total. The number of nitrogens with zero attached hydrogens (tertiary/aromatic N) is 1. The van der Waals surface area contributed by atoms with Gasteiger partial charge in [0.05, 0.1) is 11.4 Å². The molecular weight excluding hydrogens is 310 g/mol. The van der Waals surface area contributed by atoms with Crippen LogP contribution in [0, 0.1) is 6.92 Å². The zero-order chi connectivity index (χ0) is 17.6. The average molecular weight is 337 g/mol. The number of rotatable bonds is 5. The van der Waals surface area contributed by atoms with Crippen molar-refractivity contribution in [1.29, 1.82) is 0 Å². The highest BCUT2D eigenvalue weighted by molar-refractivity contribution is 5.96. The smallest absolute Gasteiger partial charge is 0.246 e. The molecule has 1 aliphatic heterocycles. The lowest BCUT2D eigenvalue weighted by Gasteiger charge is -2.31. The number of piperidine rings is 1. The van der Waals surface area contributed by atoms with E-state index in [1.165, 1.54) is 30.5 Å². The van der Waals surface area contributed by atoms with Crippen LogP contribution in [0.5, 0.6) is 0 Å². The van der Waals surface area contributed by atoms with Gasteiger partial charge in [0, 0.05) is 18.8 Å². The van der Waals surface area contributed by atoms with Crippen LogP contribution in [0.3, 0.4) is 0 Å². The van der Waals surface area contributed by atoms with Crippen LogP contribution < -0.4 is 15.5 Å². The maximum atomic E-state index is 12.5. The molecule has 1 saturated heterocycles. The summed E-state index contributed by atoms with van der Waals surface area (Å²) >= 11 is 0. The Kier molecular flexibility index (Phi) is 5.59. The summed E-state index contributed by atoms with van der Waals surface area (Å²) in [6.07, 6.45) is 3.77. The van der Waals surface area contributed by atoms with Gasteiger partial charge in [-0.2, -0.15) is 0 Å². The van der Waals surface area contributed by atoms with Crippen molar-refractivity contribution in [2.24, 2.45) is 0 Å². The van der Waals surface area contributed by atoms with E-state index in [-0.39, 0.29) is 11.9 Å². The first-order chi connectivity index (χ1) is 12.1. The predicted octanol–water partition coefficient (Wildman–Crippen LogP) is 4.42. The average Bonchev–Trinajstić information content (AvgIpc) is 2.64. The molecule has 0 radical (unpaired) electrons. The van der Waals surface area contributed by atoms with Gasteiger partial charge in [0.25, 0.3) is 0 Å². The fraction of sp³-hybridized carbons (Fsp3) is 0.381. The number of carbonyl (C=O) groups is 1. The number of amides is 1. The second-order valence-electron chi connectivity index (χ2n) is 6.79. The van der Waals surface area contributed by atoms with Gasteiger partial charge in [-0.05, 0) is 57.4 Å². The number of hydrogen-bond acceptors (Lipinski definition) is 3. The quantitative estimate of drug-likeness (QED) is 0.848. The van der Waals surface area contributed by atoms with Crippen molar-refractivity contribution in [2.45, 2.75) is 39.2 Å². The van der Waals surface area contributed by atoms with Gasteiger partial charge in [-0.3, -0.25) is 4.79 Å². The lowest BCUT2D eigenvalue weighted by Crippen LogP contribution is -2.34. The summed E-state index contributed by atoms with van der Waals surface area (Å²) in [5.41, 5.74) is 4.22. The summed E-state index contributed by atoms with van der Waals surface area (Å²) in [6.45, 7) is 6.11. The van der Waals surface area contributed by atoms with Gasteiger partial charge in [-0.15, -0.1) is 0 Å².